The van der Waals surface area contributed by atoms with Crippen molar-refractivity contribution in [3.8, 4) is 39.9 Å². The number of ether oxygens (including phenoxy) is 1. The van der Waals surface area contributed by atoms with Crippen LogP contribution in [0.4, 0.5) is 5.69 Å². The molecule has 41 heavy (non-hydrogen) atoms. The Bertz CT molecular complexity index is 1980. The summed E-state index contributed by atoms with van der Waals surface area (Å²) in [7, 11) is 0. The summed E-state index contributed by atoms with van der Waals surface area (Å²) < 4.78 is 6.56. The largest absolute Gasteiger partial charge is 0.464 e. The second-order valence-electron chi connectivity index (χ2n) is 10.1. The molecule has 0 bridgehead atoms. The van der Waals surface area contributed by atoms with Crippen LogP contribution in [0.1, 0.15) is 11.8 Å². The SMILES string of the molecule is c1ccc(-c2nc(-c3ccccc3)nc(-c3c(C4Nc5ccccc5O4)c4ccccc4c4ccccc34)n2)cc1. The lowest BCUT2D eigenvalue weighted by Gasteiger charge is -2.21. The third-order valence-corrected chi connectivity index (χ3v) is 7.58. The van der Waals surface area contributed by atoms with Gasteiger partial charge in [0.25, 0.3) is 0 Å². The van der Waals surface area contributed by atoms with Gasteiger partial charge in [0.05, 0.1) is 5.69 Å². The smallest absolute Gasteiger partial charge is 0.197 e. The van der Waals surface area contributed by atoms with Gasteiger partial charge >= 0.3 is 0 Å². The molecule has 0 spiro atoms. The summed E-state index contributed by atoms with van der Waals surface area (Å²) in [5.41, 5.74) is 4.76. The van der Waals surface area contributed by atoms with Gasteiger partial charge in [-0.15, -0.1) is 0 Å². The highest BCUT2D eigenvalue weighted by Crippen LogP contribution is 2.46. The van der Waals surface area contributed by atoms with Crippen molar-refractivity contribution in [2.45, 2.75) is 6.23 Å². The van der Waals surface area contributed by atoms with E-state index in [2.05, 4.69) is 53.8 Å². The van der Waals surface area contributed by atoms with Crippen molar-refractivity contribution in [3.63, 3.8) is 0 Å². The number of nitrogens with one attached hydrogen (secondary N) is 1. The Hall–Kier alpha value is -5.55. The van der Waals surface area contributed by atoms with E-state index in [0.717, 1.165) is 55.2 Å². The van der Waals surface area contributed by atoms with Crippen LogP contribution in [0.2, 0.25) is 0 Å². The average Bonchev–Trinajstić information content (AvgIpc) is 3.49. The quantitative estimate of drug-likeness (QED) is 0.232. The molecule has 5 heteroatoms. The lowest BCUT2D eigenvalue weighted by molar-refractivity contribution is 0.262. The van der Waals surface area contributed by atoms with Crippen LogP contribution in [-0.2, 0) is 0 Å². The third kappa shape index (κ3) is 3.98. The fourth-order valence-electron chi connectivity index (χ4n) is 5.72. The number of nitrogens with zero attached hydrogens (tertiary/aromatic N) is 3. The van der Waals surface area contributed by atoms with Crippen LogP contribution >= 0.6 is 0 Å². The lowest BCUT2D eigenvalue weighted by Crippen LogP contribution is -2.14. The van der Waals surface area contributed by atoms with E-state index in [-0.39, 0.29) is 0 Å². The van der Waals surface area contributed by atoms with Crippen LogP contribution < -0.4 is 10.1 Å². The minimum atomic E-state index is -0.422. The molecule has 0 amide bonds. The summed E-state index contributed by atoms with van der Waals surface area (Å²) in [5.74, 6) is 2.68. The molecule has 8 rings (SSSR count). The van der Waals surface area contributed by atoms with Crippen LogP contribution in [0.15, 0.2) is 133 Å². The van der Waals surface area contributed by atoms with E-state index in [9.17, 15) is 0 Å². The standard InChI is InChI=1S/C36H24N4O/c1-3-13-23(14-4-1)33-38-34(24-15-5-2-6-16-24)40-35(39-33)31-27-19-9-7-17-25(27)26-18-8-10-20-28(26)32(31)36-37-29-21-11-12-22-30(29)41-36/h1-22,36-37H. The minimum absolute atomic E-state index is 0.422. The monoisotopic (exact) mass is 528 g/mol. The molecule has 1 aromatic heterocycles. The van der Waals surface area contributed by atoms with E-state index in [0.29, 0.717) is 17.5 Å². The summed E-state index contributed by atoms with van der Waals surface area (Å²) in [4.78, 5) is 15.2. The van der Waals surface area contributed by atoms with Crippen molar-refractivity contribution in [2.24, 2.45) is 0 Å². The maximum Gasteiger partial charge on any atom is 0.197 e. The van der Waals surface area contributed by atoms with E-state index in [1.54, 1.807) is 0 Å². The summed E-state index contributed by atoms with van der Waals surface area (Å²) in [6.45, 7) is 0. The molecule has 1 atom stereocenters. The van der Waals surface area contributed by atoms with Crippen LogP contribution in [0.3, 0.4) is 0 Å². The second kappa shape index (κ2) is 9.57. The Labute approximate surface area is 237 Å². The molecular weight excluding hydrogens is 504 g/mol. The number of benzene rings is 6. The molecule has 1 aliphatic heterocycles. The van der Waals surface area contributed by atoms with Crippen molar-refractivity contribution < 1.29 is 4.74 Å². The molecule has 0 saturated heterocycles. The number of rotatable bonds is 4. The first-order valence-electron chi connectivity index (χ1n) is 13.7. The zero-order valence-corrected chi connectivity index (χ0v) is 22.0. The molecule has 1 N–H and O–H groups in total. The Kier molecular flexibility index (Phi) is 5.45. The average molecular weight is 529 g/mol. The first kappa shape index (κ1) is 23.3. The van der Waals surface area contributed by atoms with Crippen molar-refractivity contribution in [2.75, 3.05) is 5.32 Å². The molecule has 194 valence electrons. The molecule has 1 unspecified atom stereocenters. The Balaban J connectivity index is 1.47. The Morgan fingerprint density at radius 2 is 0.951 bits per heavy atom. The van der Waals surface area contributed by atoms with Crippen molar-refractivity contribution >= 4 is 27.2 Å². The third-order valence-electron chi connectivity index (χ3n) is 7.58. The number of para-hydroxylation sites is 2. The van der Waals surface area contributed by atoms with Crippen LogP contribution in [0.5, 0.6) is 5.75 Å². The molecule has 0 saturated carbocycles. The van der Waals surface area contributed by atoms with Gasteiger partial charge in [0.2, 0.25) is 0 Å². The highest BCUT2D eigenvalue weighted by molar-refractivity contribution is 6.15. The van der Waals surface area contributed by atoms with Gasteiger partial charge in [-0.25, -0.2) is 15.0 Å². The molecule has 2 heterocycles. The minimum Gasteiger partial charge on any atom is -0.464 e. The van der Waals surface area contributed by atoms with Crippen LogP contribution in [0, 0.1) is 0 Å². The molecule has 1 aliphatic rings. The van der Waals surface area contributed by atoms with Gasteiger partial charge in [0.15, 0.2) is 23.7 Å². The summed E-state index contributed by atoms with van der Waals surface area (Å²) in [6.07, 6.45) is -0.422. The van der Waals surface area contributed by atoms with Gasteiger partial charge in [0.1, 0.15) is 5.75 Å². The first-order valence-corrected chi connectivity index (χ1v) is 13.7. The van der Waals surface area contributed by atoms with Gasteiger partial charge in [-0.3, -0.25) is 0 Å². The summed E-state index contributed by atoms with van der Waals surface area (Å²) in [5, 5.41) is 8.07. The molecule has 0 fully saturated rings. The molecule has 7 aromatic rings. The number of hydrogen-bond acceptors (Lipinski definition) is 5. The van der Waals surface area contributed by atoms with E-state index in [1.807, 2.05) is 84.9 Å². The molecular formula is C36H24N4O. The van der Waals surface area contributed by atoms with Crippen molar-refractivity contribution in [3.05, 3.63) is 139 Å². The zero-order chi connectivity index (χ0) is 27.2. The van der Waals surface area contributed by atoms with Gasteiger partial charge in [-0.05, 0) is 33.7 Å². The van der Waals surface area contributed by atoms with E-state index < -0.39 is 6.23 Å². The lowest BCUT2D eigenvalue weighted by atomic mass is 9.90. The fraction of sp³-hybridized carbons (Fsp3) is 0.0278. The normalized spacial score (nSPS) is 14.0. The van der Waals surface area contributed by atoms with Gasteiger partial charge < -0.3 is 10.1 Å². The summed E-state index contributed by atoms with van der Waals surface area (Å²) in [6, 6.07) is 45.2. The molecule has 0 aliphatic carbocycles. The number of hydrogen-bond donors (Lipinski definition) is 1. The number of anilines is 1. The maximum atomic E-state index is 6.56. The molecule has 5 nitrogen and oxygen atoms in total. The highest BCUT2D eigenvalue weighted by Gasteiger charge is 2.30. The molecule has 0 radical (unpaired) electrons. The van der Waals surface area contributed by atoms with Crippen LogP contribution in [-0.4, -0.2) is 15.0 Å². The van der Waals surface area contributed by atoms with E-state index >= 15 is 0 Å². The number of aromatic nitrogens is 3. The predicted molar refractivity (Wildman–Crippen MR) is 165 cm³/mol. The van der Waals surface area contributed by atoms with Crippen molar-refractivity contribution in [1.29, 1.82) is 0 Å². The number of fused-ring (bicyclic) bond motifs is 4. The van der Waals surface area contributed by atoms with E-state index in [4.69, 9.17) is 19.7 Å². The maximum absolute atomic E-state index is 6.56. The fourth-order valence-corrected chi connectivity index (χ4v) is 5.72. The molecule has 6 aromatic carbocycles. The van der Waals surface area contributed by atoms with Gasteiger partial charge in [-0.2, -0.15) is 0 Å². The Morgan fingerprint density at radius 1 is 0.463 bits per heavy atom. The topological polar surface area (TPSA) is 59.9 Å². The highest BCUT2D eigenvalue weighted by atomic mass is 16.5. The summed E-state index contributed by atoms with van der Waals surface area (Å²) >= 11 is 0. The van der Waals surface area contributed by atoms with Crippen molar-refractivity contribution in [1.82, 2.24) is 15.0 Å². The van der Waals surface area contributed by atoms with Gasteiger partial charge in [0, 0.05) is 22.3 Å². The van der Waals surface area contributed by atoms with Crippen LogP contribution in [0.25, 0.3) is 55.7 Å². The second-order valence-corrected chi connectivity index (χ2v) is 10.1. The Morgan fingerprint density at radius 3 is 1.59 bits per heavy atom. The van der Waals surface area contributed by atoms with E-state index in [1.165, 1.54) is 0 Å². The zero-order valence-electron chi connectivity index (χ0n) is 22.0. The predicted octanol–water partition coefficient (Wildman–Crippen LogP) is 8.68. The first-order chi connectivity index (χ1) is 20.3. The van der Waals surface area contributed by atoms with Gasteiger partial charge in [-0.1, -0.05) is 121 Å².